The number of nitrogens with one attached hydrogen (secondary N) is 1. The third kappa shape index (κ3) is 8.45. The van der Waals surface area contributed by atoms with Gasteiger partial charge in [0.1, 0.15) is 5.52 Å². The van der Waals surface area contributed by atoms with Gasteiger partial charge in [-0.05, 0) is 18.6 Å². The maximum absolute atomic E-state index is 10.8. The van der Waals surface area contributed by atoms with E-state index < -0.39 is 7.82 Å². The highest BCUT2D eigenvalue weighted by Gasteiger charge is 2.18. The van der Waals surface area contributed by atoms with Gasteiger partial charge >= 0.3 is 7.82 Å². The molecule has 1 atom stereocenters. The molecule has 2 aromatic heterocycles. The quantitative estimate of drug-likeness (QED) is 0.302. The van der Waals surface area contributed by atoms with Crippen LogP contribution in [0, 0.1) is 5.92 Å². The molecule has 3 N–H and O–H groups in total. The molecule has 0 saturated carbocycles. The van der Waals surface area contributed by atoms with Gasteiger partial charge in [0.25, 0.3) is 0 Å². The van der Waals surface area contributed by atoms with Crippen molar-refractivity contribution >= 4 is 36.6 Å². The zero-order valence-corrected chi connectivity index (χ0v) is 19.5. The first-order valence-electron chi connectivity index (χ1n) is 9.52. The molecule has 0 fully saturated rings. The van der Waals surface area contributed by atoms with Crippen LogP contribution >= 0.6 is 19.6 Å². The molecular weight excluding hydrogens is 401 g/mol. The predicted octanol–water partition coefficient (Wildman–Crippen LogP) is 4.17. The molecule has 0 amide bonds. The van der Waals surface area contributed by atoms with Crippen molar-refractivity contribution in [1.82, 2.24) is 19.5 Å². The first-order valence-corrected chi connectivity index (χ1v) is 12.3. The average molecular weight is 436 g/mol. The highest BCUT2D eigenvalue weighted by Crippen LogP contribution is 2.37. The second-order valence-electron chi connectivity index (χ2n) is 5.27. The van der Waals surface area contributed by atoms with Crippen LogP contribution in [0.2, 0.25) is 0 Å². The molecule has 11 heteroatoms. The molecule has 0 aliphatic rings. The van der Waals surface area contributed by atoms with Crippen molar-refractivity contribution in [2.75, 3.05) is 25.2 Å². The third-order valence-electron chi connectivity index (χ3n) is 3.70. The third-order valence-corrected chi connectivity index (χ3v) is 4.73. The molecule has 0 aliphatic heterocycles. The molecule has 0 aromatic carbocycles. The van der Waals surface area contributed by atoms with Gasteiger partial charge in [-0.1, -0.05) is 52.8 Å². The summed E-state index contributed by atoms with van der Waals surface area (Å²) in [6.07, 6.45) is 5.09. The fraction of sp³-hybridized carbons (Fsp3) is 0.706. The van der Waals surface area contributed by atoms with E-state index in [1.54, 1.807) is 13.4 Å². The van der Waals surface area contributed by atoms with E-state index >= 15 is 0 Å². The minimum absolute atomic E-state index is 0.0280. The number of phosphoric acid groups is 1. The van der Waals surface area contributed by atoms with Crippen LogP contribution in [-0.4, -0.2) is 49.2 Å². The molecule has 28 heavy (non-hydrogen) atoms. The number of hydrogen-bond donors (Lipinski definition) is 3. The molecule has 162 valence electrons. The number of fused-ring (bicyclic) bond motifs is 1. The number of nitrogens with zero attached hydrogens (tertiary/aromatic N) is 4. The molecule has 9 nitrogen and oxygen atoms in total. The van der Waals surface area contributed by atoms with Gasteiger partial charge in [-0.3, -0.25) is 4.52 Å². The standard InChI is InChI=1S/C13H22N5O4PS.2C2H6/c1-4-9(7-22-23(19,20)21)5-6-18-8-15-10-11(14-2)16-13(24-3)17-12(10)18;2*1-2/h8-9H,4-7H2,1-3H3,(H,14,16,17)(H2,19,20,21);2*1-2H3/t9-;;/m0../s1. The van der Waals surface area contributed by atoms with E-state index in [9.17, 15) is 4.57 Å². The Bertz CT molecular complexity index is 738. The highest BCUT2D eigenvalue weighted by molar-refractivity contribution is 7.98. The first kappa shape index (κ1) is 26.8. The van der Waals surface area contributed by atoms with Crippen LogP contribution in [0.4, 0.5) is 5.82 Å². The monoisotopic (exact) mass is 435 g/mol. The fourth-order valence-corrected chi connectivity index (χ4v) is 3.05. The number of thioether (sulfide) groups is 1. The summed E-state index contributed by atoms with van der Waals surface area (Å²) >= 11 is 1.46. The van der Waals surface area contributed by atoms with E-state index in [0.717, 1.165) is 12.1 Å². The van der Waals surface area contributed by atoms with Crippen LogP contribution in [0.1, 0.15) is 47.5 Å². The molecule has 0 radical (unpaired) electrons. The van der Waals surface area contributed by atoms with Crippen LogP contribution in [-0.2, 0) is 15.6 Å². The lowest BCUT2D eigenvalue weighted by Gasteiger charge is -2.15. The SMILES string of the molecule is CC.CC.CC[C@@H](CCn1cnc2c(NC)nc(SC)nc21)COP(=O)(O)O. The van der Waals surface area contributed by atoms with E-state index in [4.69, 9.17) is 9.79 Å². The molecule has 0 bridgehead atoms. The Labute approximate surface area is 172 Å². The zero-order chi connectivity index (χ0) is 21.7. The Balaban J connectivity index is 0.00000171. The molecule has 0 aliphatic carbocycles. The van der Waals surface area contributed by atoms with Crippen molar-refractivity contribution in [2.45, 2.75) is 59.2 Å². The van der Waals surface area contributed by atoms with E-state index in [2.05, 4.69) is 24.8 Å². The Morgan fingerprint density at radius 2 is 1.93 bits per heavy atom. The predicted molar refractivity (Wildman–Crippen MR) is 116 cm³/mol. The van der Waals surface area contributed by atoms with Crippen molar-refractivity contribution in [3.8, 4) is 0 Å². The highest BCUT2D eigenvalue weighted by atomic mass is 32.2. The van der Waals surface area contributed by atoms with Crippen LogP contribution < -0.4 is 5.32 Å². The molecule has 2 aromatic rings. The lowest BCUT2D eigenvalue weighted by Crippen LogP contribution is -2.11. The lowest BCUT2D eigenvalue weighted by atomic mass is 10.0. The molecular formula is C17H34N5O4PS. The Morgan fingerprint density at radius 3 is 2.43 bits per heavy atom. The van der Waals surface area contributed by atoms with E-state index in [1.165, 1.54) is 11.8 Å². The number of rotatable bonds is 9. The van der Waals surface area contributed by atoms with Crippen molar-refractivity contribution in [1.29, 1.82) is 0 Å². The zero-order valence-electron chi connectivity index (χ0n) is 17.8. The molecule has 0 unspecified atom stereocenters. The normalized spacial score (nSPS) is 11.9. The maximum atomic E-state index is 10.8. The second kappa shape index (κ2) is 13.9. The number of phosphoric ester groups is 1. The number of anilines is 1. The molecule has 2 rings (SSSR count). The minimum Gasteiger partial charge on any atom is -0.371 e. The van der Waals surface area contributed by atoms with Crippen LogP contribution in [0.5, 0.6) is 0 Å². The molecule has 0 saturated heterocycles. The van der Waals surface area contributed by atoms with Gasteiger partial charge in [0.05, 0.1) is 12.9 Å². The lowest BCUT2D eigenvalue weighted by molar-refractivity contribution is 0.160. The van der Waals surface area contributed by atoms with Gasteiger partial charge in [0.15, 0.2) is 16.6 Å². The van der Waals surface area contributed by atoms with Gasteiger partial charge in [0.2, 0.25) is 0 Å². The fourth-order valence-electron chi connectivity index (χ4n) is 2.28. The van der Waals surface area contributed by atoms with Gasteiger partial charge in [0, 0.05) is 13.6 Å². The van der Waals surface area contributed by atoms with Crippen LogP contribution in [0.3, 0.4) is 0 Å². The van der Waals surface area contributed by atoms with E-state index in [-0.39, 0.29) is 12.5 Å². The maximum Gasteiger partial charge on any atom is 0.469 e. The van der Waals surface area contributed by atoms with Gasteiger partial charge in [-0.2, -0.15) is 0 Å². The van der Waals surface area contributed by atoms with Gasteiger partial charge in [-0.15, -0.1) is 0 Å². The summed E-state index contributed by atoms with van der Waals surface area (Å²) in [5.41, 5.74) is 1.44. The largest absolute Gasteiger partial charge is 0.469 e. The van der Waals surface area contributed by atoms with Gasteiger partial charge in [-0.25, -0.2) is 19.5 Å². The summed E-state index contributed by atoms with van der Waals surface area (Å²) in [6, 6.07) is 0. The summed E-state index contributed by atoms with van der Waals surface area (Å²) in [6.45, 7) is 10.6. The number of imidazole rings is 1. The number of hydrogen-bond acceptors (Lipinski definition) is 7. The van der Waals surface area contributed by atoms with Crippen LogP contribution in [0.15, 0.2) is 11.5 Å². The minimum atomic E-state index is -4.43. The average Bonchev–Trinajstić information content (AvgIpc) is 3.12. The number of aryl methyl sites for hydroxylation is 1. The Hall–Kier alpha value is -1.19. The first-order chi connectivity index (χ1) is 13.4. The van der Waals surface area contributed by atoms with Crippen LogP contribution in [0.25, 0.3) is 11.2 Å². The summed E-state index contributed by atoms with van der Waals surface area (Å²) in [5, 5.41) is 3.68. The second-order valence-corrected chi connectivity index (χ2v) is 7.28. The van der Waals surface area contributed by atoms with E-state index in [1.807, 2.05) is 45.4 Å². The number of aromatic nitrogens is 4. The van der Waals surface area contributed by atoms with Crippen molar-refractivity contribution in [2.24, 2.45) is 5.92 Å². The van der Waals surface area contributed by atoms with Crippen molar-refractivity contribution in [3.05, 3.63) is 6.33 Å². The smallest absolute Gasteiger partial charge is 0.371 e. The topological polar surface area (TPSA) is 122 Å². The summed E-state index contributed by atoms with van der Waals surface area (Å²) in [7, 11) is -2.64. The Morgan fingerprint density at radius 1 is 1.29 bits per heavy atom. The summed E-state index contributed by atoms with van der Waals surface area (Å²) < 4.78 is 17.4. The molecule has 2 heterocycles. The Kier molecular flexibility index (Phi) is 13.3. The molecule has 0 spiro atoms. The summed E-state index contributed by atoms with van der Waals surface area (Å²) in [4.78, 5) is 30.9. The van der Waals surface area contributed by atoms with Gasteiger partial charge < -0.3 is 19.7 Å². The van der Waals surface area contributed by atoms with E-state index in [0.29, 0.717) is 29.5 Å². The summed E-state index contributed by atoms with van der Waals surface area (Å²) in [5.74, 6) is 0.723. The van der Waals surface area contributed by atoms with Crippen molar-refractivity contribution in [3.63, 3.8) is 0 Å². The van der Waals surface area contributed by atoms with Crippen molar-refractivity contribution < 1.29 is 18.9 Å².